The first-order chi connectivity index (χ1) is 6.28. The van der Waals surface area contributed by atoms with Gasteiger partial charge in [0.25, 0.3) is 0 Å². The minimum absolute atomic E-state index is 0.422. The lowest BCUT2D eigenvalue weighted by Gasteiger charge is -2.40. The van der Waals surface area contributed by atoms with Gasteiger partial charge in [0, 0.05) is 24.7 Å². The third-order valence-corrected chi connectivity index (χ3v) is 4.13. The van der Waals surface area contributed by atoms with Gasteiger partial charge in [-0.05, 0) is 44.4 Å². The Labute approximate surface area is 80.5 Å². The predicted molar refractivity (Wildman–Crippen MR) is 53.6 cm³/mol. The van der Waals surface area contributed by atoms with Crippen LogP contribution in [-0.4, -0.2) is 24.7 Å². The average molecular weight is 180 g/mol. The Morgan fingerprint density at radius 3 is 2.38 bits per heavy atom. The van der Waals surface area contributed by atoms with E-state index in [4.69, 9.17) is 0 Å². The molecular formula is C11H20N2. The highest BCUT2D eigenvalue weighted by Gasteiger charge is 2.45. The molecular weight excluding hydrogens is 160 g/mol. The van der Waals surface area contributed by atoms with Gasteiger partial charge in [-0.1, -0.05) is 0 Å². The summed E-state index contributed by atoms with van der Waals surface area (Å²) in [6.45, 7) is 4.79. The van der Waals surface area contributed by atoms with Crippen LogP contribution in [0.25, 0.3) is 0 Å². The average Bonchev–Trinajstić information content (AvgIpc) is 3.00. The van der Waals surface area contributed by atoms with Gasteiger partial charge in [0.15, 0.2) is 0 Å². The summed E-state index contributed by atoms with van der Waals surface area (Å²) in [4.78, 5) is 0. The van der Waals surface area contributed by atoms with Crippen molar-refractivity contribution in [2.24, 2.45) is 11.8 Å². The molecule has 0 radical (unpaired) electrons. The summed E-state index contributed by atoms with van der Waals surface area (Å²) < 4.78 is 0. The maximum atomic E-state index is 3.77. The number of nitrogens with one attached hydrogen (secondary N) is 2. The number of hydrogen-bond acceptors (Lipinski definition) is 2. The summed E-state index contributed by atoms with van der Waals surface area (Å²) in [5.74, 6) is 1.96. The smallest absolute Gasteiger partial charge is 0.0306 e. The molecule has 3 aliphatic rings. The van der Waals surface area contributed by atoms with Gasteiger partial charge in [0.05, 0.1) is 0 Å². The van der Waals surface area contributed by atoms with Gasteiger partial charge in [0.1, 0.15) is 0 Å². The van der Waals surface area contributed by atoms with E-state index in [2.05, 4.69) is 17.6 Å². The summed E-state index contributed by atoms with van der Waals surface area (Å²) in [5.41, 5.74) is 0.422. The molecule has 2 heteroatoms. The van der Waals surface area contributed by atoms with Crippen LogP contribution in [0.2, 0.25) is 0 Å². The topological polar surface area (TPSA) is 24.1 Å². The Balaban J connectivity index is 1.58. The standard InChI is InChI=1S/C11H20N2/c1-11(9-4-5-9)7-12-10(6-13-11)8-2-3-8/h8-10,12-13H,2-7H2,1H3. The Hall–Kier alpha value is -0.0800. The van der Waals surface area contributed by atoms with Crippen molar-refractivity contribution in [3.8, 4) is 0 Å². The third-order valence-electron chi connectivity index (χ3n) is 4.13. The molecule has 3 rings (SSSR count). The Morgan fingerprint density at radius 1 is 1.15 bits per heavy atom. The summed E-state index contributed by atoms with van der Waals surface area (Å²) >= 11 is 0. The zero-order valence-electron chi connectivity index (χ0n) is 8.47. The molecule has 3 fully saturated rings. The van der Waals surface area contributed by atoms with Crippen molar-refractivity contribution in [2.75, 3.05) is 13.1 Å². The third kappa shape index (κ3) is 1.50. The van der Waals surface area contributed by atoms with Gasteiger partial charge in [-0.15, -0.1) is 0 Å². The highest BCUT2D eigenvalue weighted by Crippen LogP contribution is 2.41. The fraction of sp³-hybridized carbons (Fsp3) is 1.00. The number of rotatable bonds is 2. The lowest BCUT2D eigenvalue weighted by molar-refractivity contribution is 0.214. The van der Waals surface area contributed by atoms with Gasteiger partial charge >= 0.3 is 0 Å². The summed E-state index contributed by atoms with van der Waals surface area (Å²) in [6, 6.07) is 0.784. The van der Waals surface area contributed by atoms with Crippen LogP contribution in [-0.2, 0) is 0 Å². The second-order valence-electron chi connectivity index (χ2n) is 5.40. The summed E-state index contributed by atoms with van der Waals surface area (Å²) in [5, 5.41) is 7.50. The number of hydrogen-bond donors (Lipinski definition) is 2. The normalized spacial score (nSPS) is 46.4. The van der Waals surface area contributed by atoms with E-state index in [0.29, 0.717) is 5.54 Å². The van der Waals surface area contributed by atoms with Crippen molar-refractivity contribution in [1.82, 2.24) is 10.6 Å². The zero-order valence-corrected chi connectivity index (χ0v) is 8.47. The van der Waals surface area contributed by atoms with E-state index in [9.17, 15) is 0 Å². The molecule has 74 valence electrons. The van der Waals surface area contributed by atoms with E-state index < -0.39 is 0 Å². The highest BCUT2D eigenvalue weighted by atomic mass is 15.1. The van der Waals surface area contributed by atoms with Gasteiger partial charge in [0.2, 0.25) is 0 Å². The maximum Gasteiger partial charge on any atom is 0.0306 e. The molecule has 2 saturated carbocycles. The first kappa shape index (κ1) is 8.25. The van der Waals surface area contributed by atoms with Crippen LogP contribution in [0.3, 0.4) is 0 Å². The quantitative estimate of drug-likeness (QED) is 0.665. The van der Waals surface area contributed by atoms with Crippen molar-refractivity contribution in [3.63, 3.8) is 0 Å². The van der Waals surface area contributed by atoms with E-state index >= 15 is 0 Å². The SMILES string of the molecule is CC1(C2CC2)CNC(C2CC2)CN1. The fourth-order valence-corrected chi connectivity index (χ4v) is 2.66. The molecule has 2 aliphatic carbocycles. The molecule has 1 aliphatic heterocycles. The predicted octanol–water partition coefficient (Wildman–Crippen LogP) is 1.13. The minimum atomic E-state index is 0.422. The van der Waals surface area contributed by atoms with Crippen LogP contribution in [0.15, 0.2) is 0 Å². The Kier molecular flexibility index (Phi) is 1.72. The van der Waals surface area contributed by atoms with E-state index in [0.717, 1.165) is 17.9 Å². The molecule has 2 N–H and O–H groups in total. The molecule has 2 atom stereocenters. The molecule has 0 aromatic rings. The molecule has 0 spiro atoms. The molecule has 0 aromatic carbocycles. The van der Waals surface area contributed by atoms with Crippen molar-refractivity contribution < 1.29 is 0 Å². The van der Waals surface area contributed by atoms with Crippen LogP contribution in [0.4, 0.5) is 0 Å². The van der Waals surface area contributed by atoms with Crippen molar-refractivity contribution >= 4 is 0 Å². The van der Waals surface area contributed by atoms with Crippen molar-refractivity contribution in [3.05, 3.63) is 0 Å². The van der Waals surface area contributed by atoms with Crippen LogP contribution in [0.1, 0.15) is 32.6 Å². The van der Waals surface area contributed by atoms with E-state index in [1.54, 1.807) is 0 Å². The molecule has 2 nitrogen and oxygen atoms in total. The lowest BCUT2D eigenvalue weighted by atomic mass is 9.91. The minimum Gasteiger partial charge on any atom is -0.311 e. The maximum absolute atomic E-state index is 3.77. The van der Waals surface area contributed by atoms with Gasteiger partial charge in [-0.3, -0.25) is 0 Å². The molecule has 0 bridgehead atoms. The fourth-order valence-electron chi connectivity index (χ4n) is 2.66. The van der Waals surface area contributed by atoms with Crippen LogP contribution in [0.5, 0.6) is 0 Å². The van der Waals surface area contributed by atoms with Crippen LogP contribution in [0, 0.1) is 11.8 Å². The first-order valence-corrected chi connectivity index (χ1v) is 5.76. The first-order valence-electron chi connectivity index (χ1n) is 5.76. The number of piperazine rings is 1. The molecule has 1 saturated heterocycles. The van der Waals surface area contributed by atoms with E-state index in [-0.39, 0.29) is 0 Å². The van der Waals surface area contributed by atoms with Crippen LogP contribution < -0.4 is 10.6 Å². The Bertz CT molecular complexity index is 198. The molecule has 13 heavy (non-hydrogen) atoms. The van der Waals surface area contributed by atoms with E-state index in [1.165, 1.54) is 38.8 Å². The summed E-state index contributed by atoms with van der Waals surface area (Å²) in [6.07, 6.45) is 5.80. The second kappa shape index (κ2) is 2.71. The largest absolute Gasteiger partial charge is 0.311 e. The van der Waals surface area contributed by atoms with E-state index in [1.807, 2.05) is 0 Å². The van der Waals surface area contributed by atoms with Gasteiger partial charge < -0.3 is 10.6 Å². The molecule has 0 aromatic heterocycles. The Morgan fingerprint density at radius 2 is 1.92 bits per heavy atom. The highest BCUT2D eigenvalue weighted by molar-refractivity contribution is 5.05. The monoisotopic (exact) mass is 180 g/mol. The van der Waals surface area contributed by atoms with Gasteiger partial charge in [-0.2, -0.15) is 0 Å². The van der Waals surface area contributed by atoms with Crippen LogP contribution >= 0.6 is 0 Å². The van der Waals surface area contributed by atoms with Crippen molar-refractivity contribution in [1.29, 1.82) is 0 Å². The lowest BCUT2D eigenvalue weighted by Crippen LogP contribution is -2.63. The summed E-state index contributed by atoms with van der Waals surface area (Å²) in [7, 11) is 0. The van der Waals surface area contributed by atoms with Crippen molar-refractivity contribution in [2.45, 2.75) is 44.2 Å². The second-order valence-corrected chi connectivity index (χ2v) is 5.40. The molecule has 1 heterocycles. The molecule has 2 unspecified atom stereocenters. The van der Waals surface area contributed by atoms with Gasteiger partial charge in [-0.25, -0.2) is 0 Å². The zero-order chi connectivity index (χ0) is 8.89. The molecule has 0 amide bonds.